The molecule has 2 fully saturated rings. The van der Waals surface area contributed by atoms with Gasteiger partial charge in [0.15, 0.2) is 0 Å². The van der Waals surface area contributed by atoms with Crippen LogP contribution in [0.2, 0.25) is 0 Å². The normalized spacial score (nSPS) is 20.6. The van der Waals surface area contributed by atoms with Crippen molar-refractivity contribution < 1.29 is 13.2 Å². The number of sulfonamides is 1. The molecule has 2 aliphatic carbocycles. The van der Waals surface area contributed by atoms with Crippen LogP contribution in [0.15, 0.2) is 29.2 Å². The quantitative estimate of drug-likeness (QED) is 0.753. The number of nitrogens with two attached hydrogens (primary N) is 1. The average Bonchev–Trinajstić information content (AvgIpc) is 3.19. The lowest BCUT2D eigenvalue weighted by Gasteiger charge is -2.36. The second-order valence-corrected chi connectivity index (χ2v) is 7.60. The average molecular weight is 309 g/mol. The fraction of sp³-hybridized carbons (Fsp3) is 0.500. The predicted octanol–water partition coefficient (Wildman–Crippen LogP) is 0.947. The molecule has 21 heavy (non-hydrogen) atoms. The first-order chi connectivity index (χ1) is 9.89. The maximum atomic E-state index is 12.0. The molecule has 2 saturated carbocycles. The van der Waals surface area contributed by atoms with Gasteiger partial charge in [-0.1, -0.05) is 0 Å². The number of benzene rings is 1. The molecular formula is C14H19N3O3S. The largest absolute Gasteiger partial charge is 0.324 e. The van der Waals surface area contributed by atoms with E-state index in [-0.39, 0.29) is 16.8 Å². The van der Waals surface area contributed by atoms with E-state index in [9.17, 15) is 13.2 Å². The molecule has 0 aliphatic heterocycles. The first-order valence-electron chi connectivity index (χ1n) is 7.12. The Hall–Kier alpha value is -1.44. The van der Waals surface area contributed by atoms with Gasteiger partial charge in [-0.05, 0) is 56.4 Å². The number of amides is 1. The van der Waals surface area contributed by atoms with Gasteiger partial charge in [0.05, 0.1) is 10.4 Å². The molecule has 0 saturated heterocycles. The fourth-order valence-corrected chi connectivity index (χ4v) is 3.55. The number of nitrogens with one attached hydrogen (secondary N) is 2. The summed E-state index contributed by atoms with van der Waals surface area (Å²) in [5.41, 5.74) is 5.73. The number of anilines is 1. The van der Waals surface area contributed by atoms with Gasteiger partial charge in [0.25, 0.3) is 0 Å². The molecule has 6 nitrogen and oxygen atoms in total. The highest BCUT2D eigenvalue weighted by Gasteiger charge is 2.40. The van der Waals surface area contributed by atoms with Gasteiger partial charge in [-0.2, -0.15) is 0 Å². The zero-order valence-electron chi connectivity index (χ0n) is 11.6. The van der Waals surface area contributed by atoms with Crippen molar-refractivity contribution in [2.24, 2.45) is 5.73 Å². The van der Waals surface area contributed by atoms with Crippen LogP contribution in [-0.2, 0) is 14.8 Å². The number of rotatable bonds is 5. The third-order valence-corrected chi connectivity index (χ3v) is 5.56. The molecule has 0 bridgehead atoms. The summed E-state index contributed by atoms with van der Waals surface area (Å²) in [5.74, 6) is -0.208. The lowest BCUT2D eigenvalue weighted by Crippen LogP contribution is -2.56. The van der Waals surface area contributed by atoms with Gasteiger partial charge in [-0.3, -0.25) is 4.79 Å². The zero-order chi connectivity index (χ0) is 15.1. The SMILES string of the molecule is NC1(C(=O)Nc2ccc(S(=O)(=O)NC3CC3)cc2)CCC1. The van der Waals surface area contributed by atoms with Crippen LogP contribution >= 0.6 is 0 Å². The summed E-state index contributed by atoms with van der Waals surface area (Å²) in [6, 6.07) is 6.22. The lowest BCUT2D eigenvalue weighted by molar-refractivity contribution is -0.123. The Morgan fingerprint density at radius 3 is 2.29 bits per heavy atom. The molecule has 0 atom stereocenters. The summed E-state index contributed by atoms with van der Waals surface area (Å²) in [6.07, 6.45) is 4.14. The molecule has 0 heterocycles. The van der Waals surface area contributed by atoms with Gasteiger partial charge in [0.1, 0.15) is 0 Å². The summed E-state index contributed by atoms with van der Waals surface area (Å²) < 4.78 is 26.6. The second kappa shape index (κ2) is 5.08. The molecule has 0 unspecified atom stereocenters. The van der Waals surface area contributed by atoms with Gasteiger partial charge in [-0.15, -0.1) is 0 Å². The van der Waals surface area contributed by atoms with Crippen LogP contribution in [-0.4, -0.2) is 25.9 Å². The maximum absolute atomic E-state index is 12.0. The molecule has 0 spiro atoms. The van der Waals surface area contributed by atoms with Crippen molar-refractivity contribution in [3.8, 4) is 0 Å². The topological polar surface area (TPSA) is 101 Å². The van der Waals surface area contributed by atoms with Crippen LogP contribution in [0.4, 0.5) is 5.69 Å². The van der Waals surface area contributed by atoms with Gasteiger partial charge in [0.2, 0.25) is 15.9 Å². The van der Waals surface area contributed by atoms with Gasteiger partial charge in [0, 0.05) is 11.7 Å². The van der Waals surface area contributed by atoms with Crippen molar-refractivity contribution >= 4 is 21.6 Å². The summed E-state index contributed by atoms with van der Waals surface area (Å²) in [5, 5.41) is 2.74. The number of hydrogen-bond donors (Lipinski definition) is 3. The minimum absolute atomic E-state index is 0.0742. The van der Waals surface area contributed by atoms with Gasteiger partial charge < -0.3 is 11.1 Å². The molecule has 114 valence electrons. The van der Waals surface area contributed by atoms with E-state index >= 15 is 0 Å². The minimum atomic E-state index is -3.45. The van der Waals surface area contributed by atoms with Crippen LogP contribution in [0.25, 0.3) is 0 Å². The van der Waals surface area contributed by atoms with Crippen molar-refractivity contribution in [1.82, 2.24) is 4.72 Å². The van der Waals surface area contributed by atoms with Gasteiger partial charge in [-0.25, -0.2) is 13.1 Å². The predicted molar refractivity (Wildman–Crippen MR) is 79.2 cm³/mol. The molecule has 4 N–H and O–H groups in total. The zero-order valence-corrected chi connectivity index (χ0v) is 12.4. The van der Waals surface area contributed by atoms with Crippen molar-refractivity contribution in [2.45, 2.75) is 48.6 Å². The van der Waals surface area contributed by atoms with Crippen LogP contribution in [0.3, 0.4) is 0 Å². The van der Waals surface area contributed by atoms with Crippen LogP contribution in [0.5, 0.6) is 0 Å². The van der Waals surface area contributed by atoms with E-state index in [2.05, 4.69) is 10.0 Å². The molecular weight excluding hydrogens is 290 g/mol. The van der Waals surface area contributed by atoms with E-state index < -0.39 is 15.6 Å². The highest BCUT2D eigenvalue weighted by Crippen LogP contribution is 2.30. The third kappa shape index (κ3) is 3.09. The maximum Gasteiger partial charge on any atom is 0.244 e. The first-order valence-corrected chi connectivity index (χ1v) is 8.60. The highest BCUT2D eigenvalue weighted by molar-refractivity contribution is 7.89. The molecule has 7 heteroatoms. The van der Waals surface area contributed by atoms with Crippen molar-refractivity contribution in [3.63, 3.8) is 0 Å². The van der Waals surface area contributed by atoms with E-state index in [1.165, 1.54) is 12.1 Å². The van der Waals surface area contributed by atoms with E-state index in [0.717, 1.165) is 19.3 Å². The van der Waals surface area contributed by atoms with E-state index in [4.69, 9.17) is 5.73 Å². The van der Waals surface area contributed by atoms with Gasteiger partial charge >= 0.3 is 0 Å². The smallest absolute Gasteiger partial charge is 0.244 e. The third-order valence-electron chi connectivity index (χ3n) is 4.02. The van der Waals surface area contributed by atoms with Crippen molar-refractivity contribution in [3.05, 3.63) is 24.3 Å². The van der Waals surface area contributed by atoms with Crippen molar-refractivity contribution in [1.29, 1.82) is 0 Å². The highest BCUT2D eigenvalue weighted by atomic mass is 32.2. The monoisotopic (exact) mass is 309 g/mol. The Balaban J connectivity index is 1.67. The molecule has 2 aliphatic rings. The Bertz CT molecular complexity index is 647. The Morgan fingerprint density at radius 1 is 1.19 bits per heavy atom. The van der Waals surface area contributed by atoms with Crippen molar-refractivity contribution in [2.75, 3.05) is 5.32 Å². The summed E-state index contributed by atoms with van der Waals surface area (Å²) >= 11 is 0. The number of carbonyl (C=O) groups is 1. The number of carbonyl (C=O) groups excluding carboxylic acids is 1. The minimum Gasteiger partial charge on any atom is -0.324 e. The lowest BCUT2D eigenvalue weighted by atomic mass is 9.77. The first kappa shape index (κ1) is 14.5. The van der Waals surface area contributed by atoms with Crippen LogP contribution in [0.1, 0.15) is 32.1 Å². The Labute approximate surface area is 124 Å². The van der Waals surface area contributed by atoms with E-state index in [1.54, 1.807) is 12.1 Å². The molecule has 0 radical (unpaired) electrons. The van der Waals surface area contributed by atoms with E-state index in [1.807, 2.05) is 0 Å². The van der Waals surface area contributed by atoms with Crippen LogP contribution < -0.4 is 15.8 Å². The fourth-order valence-electron chi connectivity index (χ4n) is 2.25. The summed E-state index contributed by atoms with van der Waals surface area (Å²) in [6.45, 7) is 0. The number of hydrogen-bond acceptors (Lipinski definition) is 4. The molecule has 0 aromatic heterocycles. The molecule has 1 aromatic rings. The summed E-state index contributed by atoms with van der Waals surface area (Å²) in [7, 11) is -3.45. The summed E-state index contributed by atoms with van der Waals surface area (Å²) in [4.78, 5) is 12.2. The standard InChI is InChI=1S/C14H19N3O3S/c15-14(8-1-9-14)13(18)16-10-4-6-12(7-5-10)21(19,20)17-11-2-3-11/h4-7,11,17H,1-3,8-9,15H2,(H,16,18). The van der Waals surface area contributed by atoms with Crippen LogP contribution in [0, 0.1) is 0 Å². The Morgan fingerprint density at radius 2 is 1.81 bits per heavy atom. The molecule has 3 rings (SSSR count). The second-order valence-electron chi connectivity index (χ2n) is 5.88. The molecule has 1 aromatic carbocycles. The molecule has 1 amide bonds. The Kier molecular flexibility index (Phi) is 3.51. The van der Waals surface area contributed by atoms with E-state index in [0.29, 0.717) is 18.5 Å².